The lowest BCUT2D eigenvalue weighted by Crippen LogP contribution is -2.09. The summed E-state index contributed by atoms with van der Waals surface area (Å²) in [7, 11) is 0. The van der Waals surface area contributed by atoms with Gasteiger partial charge in [0.25, 0.3) is 0 Å². The third-order valence-electron chi connectivity index (χ3n) is 2.58. The molecule has 0 radical (unpaired) electrons. The minimum absolute atomic E-state index is 0.171. The average Bonchev–Trinajstić information content (AvgIpc) is 2.37. The Bertz CT molecular complexity index is 713. The van der Waals surface area contributed by atoms with Gasteiger partial charge in [0, 0.05) is 18.0 Å². The summed E-state index contributed by atoms with van der Waals surface area (Å²) in [6, 6.07) is 1.71. The van der Waals surface area contributed by atoms with Crippen LogP contribution in [-0.2, 0) is 0 Å². The largest absolute Gasteiger partial charge is 0.360 e. The van der Waals surface area contributed by atoms with Gasteiger partial charge < -0.3 is 4.98 Å². The molecule has 0 bridgehead atoms. The first-order valence-electron chi connectivity index (χ1n) is 5.30. The Morgan fingerprint density at radius 3 is 2.89 bits per heavy atom. The van der Waals surface area contributed by atoms with Crippen LogP contribution in [0.15, 0.2) is 54.6 Å². The van der Waals surface area contributed by atoms with Crippen molar-refractivity contribution in [2.24, 2.45) is 0 Å². The number of nitrogens with zero attached hydrogens (tertiary/aromatic N) is 1. The zero-order valence-corrected chi connectivity index (χ0v) is 10.4. The predicted molar refractivity (Wildman–Crippen MR) is 75.7 cm³/mol. The van der Waals surface area contributed by atoms with Crippen molar-refractivity contribution in [2.45, 2.75) is 0 Å². The maximum Gasteiger partial charge on any atom is 0.200 e. The van der Waals surface area contributed by atoms with Crippen molar-refractivity contribution < 1.29 is 0 Å². The molecule has 0 spiro atoms. The van der Waals surface area contributed by atoms with Crippen LogP contribution in [0.25, 0.3) is 16.5 Å². The van der Waals surface area contributed by atoms with Crippen molar-refractivity contribution in [1.29, 1.82) is 0 Å². The molecule has 0 aromatic carbocycles. The van der Waals surface area contributed by atoms with E-state index in [2.05, 4.69) is 23.1 Å². The first-order chi connectivity index (χ1) is 8.69. The Morgan fingerprint density at radius 2 is 2.22 bits per heavy atom. The molecule has 2 heterocycles. The van der Waals surface area contributed by atoms with Gasteiger partial charge >= 0.3 is 0 Å². The van der Waals surface area contributed by atoms with Crippen LogP contribution in [-0.4, -0.2) is 9.97 Å². The molecular formula is C14H11ClN2O. The van der Waals surface area contributed by atoms with Crippen LogP contribution in [0.1, 0.15) is 5.56 Å². The van der Waals surface area contributed by atoms with E-state index in [1.54, 1.807) is 36.7 Å². The molecule has 18 heavy (non-hydrogen) atoms. The van der Waals surface area contributed by atoms with Crippen molar-refractivity contribution in [3.63, 3.8) is 0 Å². The highest BCUT2D eigenvalue weighted by molar-refractivity contribution is 6.34. The van der Waals surface area contributed by atoms with E-state index < -0.39 is 0 Å². The molecule has 0 aliphatic rings. The number of aromatic amines is 1. The van der Waals surface area contributed by atoms with Crippen molar-refractivity contribution in [2.75, 3.05) is 0 Å². The highest BCUT2D eigenvalue weighted by atomic mass is 35.5. The Kier molecular flexibility index (Phi) is 3.44. The van der Waals surface area contributed by atoms with Crippen LogP contribution in [0.5, 0.6) is 0 Å². The van der Waals surface area contributed by atoms with Gasteiger partial charge in [-0.05, 0) is 11.6 Å². The Labute approximate surface area is 109 Å². The number of halogens is 1. The predicted octanol–water partition coefficient (Wildman–Crippen LogP) is 3.33. The van der Waals surface area contributed by atoms with E-state index in [4.69, 9.17) is 11.6 Å². The van der Waals surface area contributed by atoms with E-state index >= 15 is 0 Å². The van der Waals surface area contributed by atoms with Crippen LogP contribution in [0, 0.1) is 0 Å². The molecule has 2 aromatic rings. The smallest absolute Gasteiger partial charge is 0.200 e. The van der Waals surface area contributed by atoms with Gasteiger partial charge in [-0.2, -0.15) is 0 Å². The summed E-state index contributed by atoms with van der Waals surface area (Å²) in [6.07, 6.45) is 8.10. The summed E-state index contributed by atoms with van der Waals surface area (Å²) < 4.78 is 0. The maximum atomic E-state index is 12.4. The van der Waals surface area contributed by atoms with Gasteiger partial charge in [-0.3, -0.25) is 4.79 Å². The molecule has 2 aromatic heterocycles. The number of H-pyrrole nitrogens is 1. The molecular weight excluding hydrogens is 248 g/mol. The van der Waals surface area contributed by atoms with Crippen LogP contribution < -0.4 is 5.43 Å². The molecule has 0 aliphatic heterocycles. The Balaban J connectivity index is 2.84. The van der Waals surface area contributed by atoms with Gasteiger partial charge in [0.2, 0.25) is 0 Å². The highest BCUT2D eigenvalue weighted by Gasteiger charge is 2.10. The van der Waals surface area contributed by atoms with E-state index in [1.807, 2.05) is 0 Å². The zero-order chi connectivity index (χ0) is 13.1. The normalized spacial score (nSPS) is 11.5. The molecule has 3 nitrogen and oxygen atoms in total. The van der Waals surface area contributed by atoms with Crippen molar-refractivity contribution in [3.8, 4) is 0 Å². The Hall–Kier alpha value is -2.13. The van der Waals surface area contributed by atoms with Gasteiger partial charge in [0.15, 0.2) is 5.43 Å². The SMILES string of the molecule is C=C/C=C(\C=C)c1c[nH]c2ccnc(Cl)c2c1=O. The second-order valence-corrected chi connectivity index (χ2v) is 3.98. The third-order valence-corrected chi connectivity index (χ3v) is 2.86. The second-order valence-electron chi connectivity index (χ2n) is 3.62. The molecule has 90 valence electrons. The van der Waals surface area contributed by atoms with Crippen LogP contribution in [0.2, 0.25) is 5.15 Å². The summed E-state index contributed by atoms with van der Waals surface area (Å²) in [4.78, 5) is 19.3. The first kappa shape index (κ1) is 12.3. The molecule has 0 atom stereocenters. The van der Waals surface area contributed by atoms with E-state index in [9.17, 15) is 4.79 Å². The van der Waals surface area contributed by atoms with Crippen LogP contribution in [0.3, 0.4) is 0 Å². The molecule has 2 rings (SSSR count). The summed E-state index contributed by atoms with van der Waals surface area (Å²) >= 11 is 5.96. The fourth-order valence-corrected chi connectivity index (χ4v) is 1.98. The fraction of sp³-hybridized carbons (Fsp3) is 0. The number of hydrogen-bond donors (Lipinski definition) is 1. The standard InChI is InChI=1S/C14H11ClN2O/c1-3-5-9(4-2)10-8-17-11-6-7-16-14(15)12(11)13(10)18/h3-8H,1-2H2,(H,17,18)/b9-5+. The monoisotopic (exact) mass is 258 g/mol. The molecule has 0 fully saturated rings. The lowest BCUT2D eigenvalue weighted by molar-refractivity contribution is 1.30. The quantitative estimate of drug-likeness (QED) is 0.678. The number of hydrogen-bond acceptors (Lipinski definition) is 2. The number of nitrogens with one attached hydrogen (secondary N) is 1. The molecule has 0 aliphatic carbocycles. The van der Waals surface area contributed by atoms with Crippen LogP contribution in [0.4, 0.5) is 0 Å². The molecule has 0 amide bonds. The van der Waals surface area contributed by atoms with Gasteiger partial charge in [0.05, 0.1) is 10.9 Å². The van der Waals surface area contributed by atoms with Crippen molar-refractivity contribution in [3.05, 3.63) is 70.8 Å². The number of aromatic nitrogens is 2. The highest BCUT2D eigenvalue weighted by Crippen LogP contribution is 2.19. The molecule has 0 unspecified atom stereocenters. The van der Waals surface area contributed by atoms with E-state index in [-0.39, 0.29) is 10.6 Å². The second kappa shape index (κ2) is 5.02. The van der Waals surface area contributed by atoms with Gasteiger partial charge in [-0.25, -0.2) is 4.98 Å². The average molecular weight is 259 g/mol. The minimum atomic E-state index is -0.171. The number of allylic oxidation sites excluding steroid dienone is 4. The van der Waals surface area contributed by atoms with Gasteiger partial charge in [0.1, 0.15) is 5.15 Å². The van der Waals surface area contributed by atoms with E-state index in [0.717, 1.165) is 0 Å². The van der Waals surface area contributed by atoms with Crippen molar-refractivity contribution >= 4 is 28.1 Å². The van der Waals surface area contributed by atoms with E-state index in [0.29, 0.717) is 22.0 Å². The van der Waals surface area contributed by atoms with E-state index in [1.165, 1.54) is 0 Å². The number of pyridine rings is 2. The molecule has 0 saturated heterocycles. The number of fused-ring (bicyclic) bond motifs is 1. The van der Waals surface area contributed by atoms with Gasteiger partial charge in [-0.1, -0.05) is 43.0 Å². The summed E-state index contributed by atoms with van der Waals surface area (Å²) in [6.45, 7) is 7.29. The Morgan fingerprint density at radius 1 is 1.44 bits per heavy atom. The summed E-state index contributed by atoms with van der Waals surface area (Å²) in [5, 5.41) is 0.575. The molecule has 1 N–H and O–H groups in total. The lowest BCUT2D eigenvalue weighted by atomic mass is 10.1. The summed E-state index contributed by atoms with van der Waals surface area (Å²) in [5.41, 5.74) is 1.67. The van der Waals surface area contributed by atoms with Gasteiger partial charge in [-0.15, -0.1) is 0 Å². The zero-order valence-electron chi connectivity index (χ0n) is 9.61. The number of rotatable bonds is 3. The molecule has 4 heteroatoms. The molecule has 0 saturated carbocycles. The topological polar surface area (TPSA) is 45.8 Å². The van der Waals surface area contributed by atoms with Crippen LogP contribution >= 0.6 is 11.6 Å². The summed E-state index contributed by atoms with van der Waals surface area (Å²) in [5.74, 6) is 0. The lowest BCUT2D eigenvalue weighted by Gasteiger charge is -2.04. The van der Waals surface area contributed by atoms with Crippen molar-refractivity contribution in [1.82, 2.24) is 9.97 Å². The first-order valence-corrected chi connectivity index (χ1v) is 5.68. The maximum absolute atomic E-state index is 12.4. The fourth-order valence-electron chi connectivity index (χ4n) is 1.73. The minimum Gasteiger partial charge on any atom is -0.360 e. The third kappa shape index (κ3) is 2.00.